The standard InChI is InChI=1S/C15H13Br2NO2/c1-15(14(19)20,10-5-4-6-11(16)9-10)18-13-8-3-2-7-12(13)17/h2-9,18H,1H3,(H,19,20). The summed E-state index contributed by atoms with van der Waals surface area (Å²) in [5, 5.41) is 12.7. The van der Waals surface area contributed by atoms with Crippen molar-refractivity contribution in [3.8, 4) is 0 Å². The minimum atomic E-state index is -1.21. The number of para-hydroxylation sites is 1. The summed E-state index contributed by atoms with van der Waals surface area (Å²) in [7, 11) is 0. The molecule has 0 bridgehead atoms. The van der Waals surface area contributed by atoms with Gasteiger partial charge in [0.15, 0.2) is 5.54 Å². The molecule has 0 aliphatic heterocycles. The number of carboxylic acid groups (broad SMARTS) is 1. The summed E-state index contributed by atoms with van der Waals surface area (Å²) < 4.78 is 1.67. The van der Waals surface area contributed by atoms with Gasteiger partial charge in [-0.3, -0.25) is 0 Å². The fourth-order valence-corrected chi connectivity index (χ4v) is 2.66. The van der Waals surface area contributed by atoms with Crippen LogP contribution in [0.5, 0.6) is 0 Å². The van der Waals surface area contributed by atoms with Crippen molar-refractivity contribution in [2.75, 3.05) is 5.32 Å². The molecule has 104 valence electrons. The van der Waals surface area contributed by atoms with Crippen LogP contribution in [0, 0.1) is 0 Å². The van der Waals surface area contributed by atoms with E-state index in [1.165, 1.54) is 0 Å². The van der Waals surface area contributed by atoms with E-state index in [0.29, 0.717) is 5.56 Å². The van der Waals surface area contributed by atoms with Crippen LogP contribution in [-0.4, -0.2) is 11.1 Å². The predicted molar refractivity (Wildman–Crippen MR) is 86.9 cm³/mol. The van der Waals surface area contributed by atoms with Crippen LogP contribution in [0.15, 0.2) is 57.5 Å². The molecule has 0 spiro atoms. The van der Waals surface area contributed by atoms with Crippen LogP contribution < -0.4 is 5.32 Å². The summed E-state index contributed by atoms with van der Waals surface area (Å²) in [5.74, 6) is -0.939. The van der Waals surface area contributed by atoms with Crippen molar-refractivity contribution in [1.29, 1.82) is 0 Å². The summed E-state index contributed by atoms with van der Waals surface area (Å²) in [6.45, 7) is 1.65. The first-order valence-electron chi connectivity index (χ1n) is 5.95. The lowest BCUT2D eigenvalue weighted by molar-refractivity contribution is -0.142. The maximum absolute atomic E-state index is 11.8. The number of hydrogen-bond donors (Lipinski definition) is 2. The van der Waals surface area contributed by atoms with Gasteiger partial charge in [-0.15, -0.1) is 0 Å². The van der Waals surface area contributed by atoms with Gasteiger partial charge < -0.3 is 10.4 Å². The van der Waals surface area contributed by atoms with Gasteiger partial charge in [-0.2, -0.15) is 0 Å². The van der Waals surface area contributed by atoms with E-state index in [-0.39, 0.29) is 0 Å². The zero-order valence-electron chi connectivity index (χ0n) is 10.7. The molecule has 5 heteroatoms. The van der Waals surface area contributed by atoms with Crippen molar-refractivity contribution in [2.24, 2.45) is 0 Å². The molecule has 1 atom stereocenters. The smallest absolute Gasteiger partial charge is 0.333 e. The second-order valence-corrected chi connectivity index (χ2v) is 6.32. The molecule has 2 rings (SSSR count). The molecule has 1 unspecified atom stereocenters. The van der Waals surface area contributed by atoms with Gasteiger partial charge in [0.05, 0.1) is 0 Å². The number of nitrogens with one attached hydrogen (secondary N) is 1. The van der Waals surface area contributed by atoms with Gasteiger partial charge in [0.25, 0.3) is 0 Å². The molecular weight excluding hydrogens is 386 g/mol. The number of rotatable bonds is 4. The van der Waals surface area contributed by atoms with E-state index in [1.807, 2.05) is 36.4 Å². The molecule has 0 amide bonds. The third-order valence-corrected chi connectivity index (χ3v) is 4.27. The topological polar surface area (TPSA) is 49.3 Å². The molecule has 2 aromatic rings. The molecular formula is C15H13Br2NO2. The molecule has 0 aliphatic rings. The SMILES string of the molecule is CC(Nc1ccccc1Br)(C(=O)O)c1cccc(Br)c1. The fourth-order valence-electron chi connectivity index (χ4n) is 1.88. The van der Waals surface area contributed by atoms with E-state index in [0.717, 1.165) is 14.6 Å². The molecule has 2 aromatic carbocycles. The Kier molecular flexibility index (Phi) is 4.50. The van der Waals surface area contributed by atoms with E-state index in [1.54, 1.807) is 19.1 Å². The van der Waals surface area contributed by atoms with Crippen LogP contribution in [0.2, 0.25) is 0 Å². The molecule has 0 aliphatic carbocycles. The van der Waals surface area contributed by atoms with E-state index < -0.39 is 11.5 Å². The minimum absolute atomic E-state index is 0.676. The zero-order valence-corrected chi connectivity index (χ0v) is 13.9. The van der Waals surface area contributed by atoms with Gasteiger partial charge in [0.1, 0.15) is 0 Å². The summed E-state index contributed by atoms with van der Waals surface area (Å²) in [6, 6.07) is 14.7. The van der Waals surface area contributed by atoms with Crippen LogP contribution in [0.1, 0.15) is 12.5 Å². The number of anilines is 1. The Morgan fingerprint density at radius 3 is 2.45 bits per heavy atom. The van der Waals surface area contributed by atoms with Crippen LogP contribution in [0.3, 0.4) is 0 Å². The highest BCUT2D eigenvalue weighted by Gasteiger charge is 2.35. The van der Waals surface area contributed by atoms with Crippen LogP contribution in [0.4, 0.5) is 5.69 Å². The number of carboxylic acids is 1. The van der Waals surface area contributed by atoms with Crippen LogP contribution >= 0.6 is 31.9 Å². The van der Waals surface area contributed by atoms with Gasteiger partial charge in [-0.25, -0.2) is 4.79 Å². The number of benzene rings is 2. The lowest BCUT2D eigenvalue weighted by Crippen LogP contribution is -2.40. The third kappa shape index (κ3) is 3.04. The molecule has 0 aromatic heterocycles. The fraction of sp³-hybridized carbons (Fsp3) is 0.133. The van der Waals surface area contributed by atoms with Crippen molar-refractivity contribution >= 4 is 43.5 Å². The summed E-state index contributed by atoms with van der Waals surface area (Å²) >= 11 is 6.79. The maximum atomic E-state index is 11.8. The molecule has 0 radical (unpaired) electrons. The monoisotopic (exact) mass is 397 g/mol. The number of hydrogen-bond acceptors (Lipinski definition) is 2. The van der Waals surface area contributed by atoms with E-state index in [9.17, 15) is 9.90 Å². The van der Waals surface area contributed by atoms with Gasteiger partial charge in [0.2, 0.25) is 0 Å². The third-order valence-electron chi connectivity index (χ3n) is 3.09. The average molecular weight is 399 g/mol. The second-order valence-electron chi connectivity index (χ2n) is 4.55. The zero-order chi connectivity index (χ0) is 14.8. The lowest BCUT2D eigenvalue weighted by Gasteiger charge is -2.28. The molecule has 0 saturated carbocycles. The van der Waals surface area contributed by atoms with Gasteiger partial charge in [-0.05, 0) is 52.7 Å². The first kappa shape index (κ1) is 15.1. The van der Waals surface area contributed by atoms with Crippen LogP contribution in [0.25, 0.3) is 0 Å². The highest BCUT2D eigenvalue weighted by Crippen LogP contribution is 2.31. The quantitative estimate of drug-likeness (QED) is 0.789. The Morgan fingerprint density at radius 2 is 1.85 bits per heavy atom. The van der Waals surface area contributed by atoms with Gasteiger partial charge in [-0.1, -0.05) is 40.2 Å². The van der Waals surface area contributed by atoms with Crippen molar-refractivity contribution in [3.63, 3.8) is 0 Å². The van der Waals surface area contributed by atoms with Crippen molar-refractivity contribution in [1.82, 2.24) is 0 Å². The average Bonchev–Trinajstić information content (AvgIpc) is 2.41. The Hall–Kier alpha value is -1.33. The Morgan fingerprint density at radius 1 is 1.15 bits per heavy atom. The van der Waals surface area contributed by atoms with Crippen molar-refractivity contribution in [3.05, 3.63) is 63.0 Å². The largest absolute Gasteiger partial charge is 0.479 e. The van der Waals surface area contributed by atoms with E-state index in [2.05, 4.69) is 37.2 Å². The Bertz CT molecular complexity index is 645. The number of carbonyl (C=O) groups is 1. The normalized spacial score (nSPS) is 13.6. The van der Waals surface area contributed by atoms with Gasteiger partial charge in [0, 0.05) is 14.6 Å². The summed E-state index contributed by atoms with van der Waals surface area (Å²) in [6.07, 6.45) is 0. The summed E-state index contributed by atoms with van der Waals surface area (Å²) in [4.78, 5) is 11.8. The molecule has 20 heavy (non-hydrogen) atoms. The second kappa shape index (κ2) is 5.97. The molecule has 0 heterocycles. The molecule has 2 N–H and O–H groups in total. The molecule has 3 nitrogen and oxygen atoms in total. The predicted octanol–water partition coefficient (Wildman–Crippen LogP) is 4.62. The number of aliphatic carboxylic acids is 1. The maximum Gasteiger partial charge on any atom is 0.333 e. The van der Waals surface area contributed by atoms with Crippen molar-refractivity contribution in [2.45, 2.75) is 12.5 Å². The van der Waals surface area contributed by atoms with E-state index >= 15 is 0 Å². The Balaban J connectivity index is 2.46. The van der Waals surface area contributed by atoms with Crippen molar-refractivity contribution < 1.29 is 9.90 Å². The van der Waals surface area contributed by atoms with Gasteiger partial charge >= 0.3 is 5.97 Å². The Labute approximate surface area is 134 Å². The highest BCUT2D eigenvalue weighted by atomic mass is 79.9. The minimum Gasteiger partial charge on any atom is -0.479 e. The highest BCUT2D eigenvalue weighted by molar-refractivity contribution is 9.10. The van der Waals surface area contributed by atoms with E-state index in [4.69, 9.17) is 0 Å². The first-order chi connectivity index (χ1) is 9.43. The molecule has 0 fully saturated rings. The van der Waals surface area contributed by atoms with Crippen LogP contribution in [-0.2, 0) is 10.3 Å². The number of halogens is 2. The molecule has 0 saturated heterocycles. The summed E-state index contributed by atoms with van der Waals surface area (Å²) in [5.41, 5.74) is 0.195. The first-order valence-corrected chi connectivity index (χ1v) is 7.54. The lowest BCUT2D eigenvalue weighted by atomic mass is 9.91.